The summed E-state index contributed by atoms with van der Waals surface area (Å²) < 4.78 is 11.8. The maximum atomic E-state index is 14.6. The van der Waals surface area contributed by atoms with Crippen molar-refractivity contribution in [2.45, 2.75) is 24.7 Å². The van der Waals surface area contributed by atoms with Crippen LogP contribution in [0.3, 0.4) is 0 Å². The number of ether oxygens (including phenoxy) is 2. The summed E-state index contributed by atoms with van der Waals surface area (Å²) in [7, 11) is 1.65. The van der Waals surface area contributed by atoms with E-state index in [1.807, 2.05) is 114 Å². The van der Waals surface area contributed by atoms with Gasteiger partial charge in [0.15, 0.2) is 0 Å². The number of methoxy groups -OCH3 is 1. The number of hydrogen-bond acceptors (Lipinski definition) is 3. The Kier molecular flexibility index (Phi) is 6.70. The van der Waals surface area contributed by atoms with E-state index in [1.54, 1.807) is 13.2 Å². The fourth-order valence-corrected chi connectivity index (χ4v) is 5.10. The Hall–Kier alpha value is -4.15. The molecule has 0 N–H and O–H groups in total. The van der Waals surface area contributed by atoms with Crippen molar-refractivity contribution in [3.8, 4) is 5.75 Å². The molecule has 0 saturated heterocycles. The van der Waals surface area contributed by atoms with Crippen molar-refractivity contribution in [2.24, 2.45) is 0 Å². The van der Waals surface area contributed by atoms with Crippen LogP contribution in [-0.4, -0.2) is 19.1 Å². The second-order valence-electron chi connectivity index (χ2n) is 8.88. The van der Waals surface area contributed by atoms with Crippen molar-refractivity contribution < 1.29 is 14.3 Å². The molecule has 4 aromatic rings. The Balaban J connectivity index is 1.59. The van der Waals surface area contributed by atoms with Crippen molar-refractivity contribution in [1.29, 1.82) is 0 Å². The molecule has 1 aliphatic rings. The molecule has 180 valence electrons. The molecule has 36 heavy (non-hydrogen) atoms. The second kappa shape index (κ2) is 10.2. The number of carbonyl (C=O) groups excluding carboxylic acids is 1. The first-order valence-electron chi connectivity index (χ1n) is 12.1. The normalized spacial score (nSPS) is 17.5. The highest BCUT2D eigenvalue weighted by atomic mass is 16.5. The fourth-order valence-electron chi connectivity index (χ4n) is 5.10. The lowest BCUT2D eigenvalue weighted by Gasteiger charge is -2.35. The summed E-state index contributed by atoms with van der Waals surface area (Å²) >= 11 is 0. The van der Waals surface area contributed by atoms with E-state index in [0.29, 0.717) is 13.2 Å². The molecule has 0 spiro atoms. The summed E-state index contributed by atoms with van der Waals surface area (Å²) in [5, 5.41) is 0. The van der Waals surface area contributed by atoms with Crippen LogP contribution in [0.5, 0.6) is 5.75 Å². The standard InChI is InChI=1S/C32H29NO3/c1-3-30(36-23-25-18-20-27(35-2)21-19-25)32(26-14-8-5-9-15-26)28-16-10-11-17-29(28)33(31(32)34)22-24-12-6-4-7-13-24/h3-21,30H,1,22-23H2,2H3/t30-,32-/m1/s1. The van der Waals surface area contributed by atoms with E-state index < -0.39 is 11.5 Å². The van der Waals surface area contributed by atoms with Crippen LogP contribution in [0.25, 0.3) is 0 Å². The predicted molar refractivity (Wildman–Crippen MR) is 143 cm³/mol. The third kappa shape index (κ3) is 4.10. The van der Waals surface area contributed by atoms with E-state index in [0.717, 1.165) is 33.7 Å². The lowest BCUT2D eigenvalue weighted by atomic mass is 9.71. The molecule has 0 aliphatic carbocycles. The number of amides is 1. The Bertz CT molecular complexity index is 1330. The number of para-hydroxylation sites is 1. The summed E-state index contributed by atoms with van der Waals surface area (Å²) in [6.45, 7) is 4.93. The van der Waals surface area contributed by atoms with Crippen LogP contribution >= 0.6 is 0 Å². The Labute approximate surface area is 212 Å². The average Bonchev–Trinajstić information content (AvgIpc) is 3.19. The van der Waals surface area contributed by atoms with Crippen molar-refractivity contribution in [3.63, 3.8) is 0 Å². The Morgan fingerprint density at radius 1 is 0.833 bits per heavy atom. The molecule has 0 fully saturated rings. The minimum absolute atomic E-state index is 0.0154. The molecule has 1 heterocycles. The zero-order chi connectivity index (χ0) is 25.0. The minimum atomic E-state index is -1.05. The topological polar surface area (TPSA) is 38.8 Å². The molecular weight excluding hydrogens is 446 g/mol. The van der Waals surface area contributed by atoms with E-state index in [1.165, 1.54) is 0 Å². The molecule has 0 saturated carbocycles. The first-order valence-corrected chi connectivity index (χ1v) is 12.1. The van der Waals surface area contributed by atoms with E-state index >= 15 is 0 Å². The van der Waals surface area contributed by atoms with Crippen LogP contribution in [0.1, 0.15) is 22.3 Å². The Morgan fingerprint density at radius 3 is 2.14 bits per heavy atom. The SMILES string of the molecule is C=C[C@@H](OCc1ccc(OC)cc1)[C@]1(c2ccccc2)C(=O)N(Cc2ccccc2)c2ccccc21. The number of rotatable bonds is 9. The molecule has 1 aliphatic heterocycles. The summed E-state index contributed by atoms with van der Waals surface area (Å²) in [6.07, 6.45) is 1.17. The average molecular weight is 476 g/mol. The van der Waals surface area contributed by atoms with Crippen LogP contribution in [-0.2, 0) is 28.1 Å². The first kappa shape index (κ1) is 23.6. The van der Waals surface area contributed by atoms with Crippen molar-refractivity contribution in [3.05, 3.63) is 144 Å². The molecule has 0 unspecified atom stereocenters. The van der Waals surface area contributed by atoms with Crippen molar-refractivity contribution in [1.82, 2.24) is 0 Å². The van der Waals surface area contributed by atoms with Gasteiger partial charge in [0.2, 0.25) is 5.91 Å². The van der Waals surface area contributed by atoms with Gasteiger partial charge in [-0.15, -0.1) is 6.58 Å². The fraction of sp³-hybridized carbons (Fsp3) is 0.156. The largest absolute Gasteiger partial charge is 0.497 e. The van der Waals surface area contributed by atoms with Crippen LogP contribution < -0.4 is 9.64 Å². The number of nitrogens with zero attached hydrogens (tertiary/aromatic N) is 1. The number of anilines is 1. The van der Waals surface area contributed by atoms with Crippen LogP contribution in [0.15, 0.2) is 122 Å². The van der Waals surface area contributed by atoms with Gasteiger partial charge in [-0.2, -0.15) is 0 Å². The molecule has 1 amide bonds. The molecule has 2 atom stereocenters. The number of fused-ring (bicyclic) bond motifs is 1. The number of hydrogen-bond donors (Lipinski definition) is 0. The molecule has 5 rings (SSSR count). The lowest BCUT2D eigenvalue weighted by molar-refractivity contribution is -0.126. The number of benzene rings is 4. The summed E-state index contributed by atoms with van der Waals surface area (Å²) in [5.74, 6) is 0.773. The molecule has 0 bridgehead atoms. The maximum absolute atomic E-state index is 14.6. The first-order chi connectivity index (χ1) is 17.7. The maximum Gasteiger partial charge on any atom is 0.245 e. The minimum Gasteiger partial charge on any atom is -0.497 e. The molecule has 4 heteroatoms. The van der Waals surface area contributed by atoms with Crippen LogP contribution in [0.4, 0.5) is 5.69 Å². The van der Waals surface area contributed by atoms with Gasteiger partial charge in [0, 0.05) is 5.69 Å². The van der Waals surface area contributed by atoms with Gasteiger partial charge in [0.1, 0.15) is 11.2 Å². The predicted octanol–water partition coefficient (Wildman–Crippen LogP) is 6.30. The quantitative estimate of drug-likeness (QED) is 0.267. The highest BCUT2D eigenvalue weighted by molar-refractivity contribution is 6.11. The van der Waals surface area contributed by atoms with E-state index in [4.69, 9.17) is 9.47 Å². The Morgan fingerprint density at radius 2 is 1.47 bits per heavy atom. The van der Waals surface area contributed by atoms with Gasteiger partial charge in [-0.1, -0.05) is 97.1 Å². The monoisotopic (exact) mass is 475 g/mol. The highest BCUT2D eigenvalue weighted by Crippen LogP contribution is 2.50. The van der Waals surface area contributed by atoms with Gasteiger partial charge in [0.25, 0.3) is 0 Å². The van der Waals surface area contributed by atoms with Gasteiger partial charge in [-0.25, -0.2) is 0 Å². The van der Waals surface area contributed by atoms with Gasteiger partial charge in [-0.05, 0) is 40.5 Å². The summed E-state index contributed by atoms with van der Waals surface area (Å²) in [5.41, 5.74) is 3.72. The molecule has 0 radical (unpaired) electrons. The van der Waals surface area contributed by atoms with Crippen LogP contribution in [0, 0.1) is 0 Å². The number of carbonyl (C=O) groups is 1. The third-order valence-corrected chi connectivity index (χ3v) is 6.84. The van der Waals surface area contributed by atoms with Gasteiger partial charge >= 0.3 is 0 Å². The van der Waals surface area contributed by atoms with E-state index in [2.05, 4.69) is 6.58 Å². The molecule has 4 aromatic carbocycles. The second-order valence-corrected chi connectivity index (χ2v) is 8.88. The lowest BCUT2D eigenvalue weighted by Crippen LogP contribution is -2.49. The zero-order valence-corrected chi connectivity index (χ0v) is 20.3. The smallest absolute Gasteiger partial charge is 0.245 e. The van der Waals surface area contributed by atoms with E-state index in [-0.39, 0.29) is 5.91 Å². The third-order valence-electron chi connectivity index (χ3n) is 6.84. The van der Waals surface area contributed by atoms with Crippen molar-refractivity contribution >= 4 is 11.6 Å². The van der Waals surface area contributed by atoms with Gasteiger partial charge in [0.05, 0.1) is 26.4 Å². The summed E-state index contributed by atoms with van der Waals surface area (Å²) in [6, 6.07) is 35.8. The molecule has 4 nitrogen and oxygen atoms in total. The highest BCUT2D eigenvalue weighted by Gasteiger charge is 2.56. The zero-order valence-electron chi connectivity index (χ0n) is 20.3. The van der Waals surface area contributed by atoms with Gasteiger partial charge < -0.3 is 14.4 Å². The summed E-state index contributed by atoms with van der Waals surface area (Å²) in [4.78, 5) is 16.4. The molecular formula is C32H29NO3. The van der Waals surface area contributed by atoms with Crippen molar-refractivity contribution in [2.75, 3.05) is 12.0 Å². The van der Waals surface area contributed by atoms with Gasteiger partial charge in [-0.3, -0.25) is 4.79 Å². The van der Waals surface area contributed by atoms with Crippen LogP contribution in [0.2, 0.25) is 0 Å². The molecule has 0 aromatic heterocycles. The van der Waals surface area contributed by atoms with E-state index in [9.17, 15) is 4.79 Å².